The number of aryl methyl sites for hydroxylation is 1. The molecule has 0 saturated carbocycles. The summed E-state index contributed by atoms with van der Waals surface area (Å²) < 4.78 is 0. The highest BCUT2D eigenvalue weighted by molar-refractivity contribution is 5.27. The lowest BCUT2D eigenvalue weighted by Crippen LogP contribution is -2.23. The fourth-order valence-corrected chi connectivity index (χ4v) is 1.87. The highest BCUT2D eigenvalue weighted by atomic mass is 14.6. The molecule has 2 heteroatoms. The second-order valence-electron chi connectivity index (χ2n) is 5.82. The van der Waals surface area contributed by atoms with Gasteiger partial charge in [0, 0.05) is 0 Å². The van der Waals surface area contributed by atoms with Crippen LogP contribution < -0.4 is 11.5 Å². The van der Waals surface area contributed by atoms with Crippen molar-refractivity contribution < 1.29 is 0 Å². The molecule has 0 fully saturated rings. The number of nitrogens with two attached hydrogens (primary N) is 2. The summed E-state index contributed by atoms with van der Waals surface area (Å²) >= 11 is 0. The quantitative estimate of drug-likeness (QED) is 0.822. The summed E-state index contributed by atoms with van der Waals surface area (Å²) in [5, 5.41) is 0. The molecule has 96 valence electrons. The Labute approximate surface area is 105 Å². The molecule has 0 aliphatic heterocycles. The van der Waals surface area contributed by atoms with Crippen LogP contribution in [0, 0.1) is 5.92 Å². The maximum absolute atomic E-state index is 5.65. The molecule has 0 aromatic heterocycles. The molecule has 2 nitrogen and oxygen atoms in total. The highest BCUT2D eigenvalue weighted by Gasteiger charge is 2.12. The Morgan fingerprint density at radius 1 is 1.00 bits per heavy atom. The molecule has 0 bridgehead atoms. The molecule has 1 rings (SSSR count). The Bertz CT molecular complexity index is 318. The Morgan fingerprint density at radius 2 is 1.53 bits per heavy atom. The first kappa shape index (κ1) is 14.2. The Balaban J connectivity index is 2.57. The summed E-state index contributed by atoms with van der Waals surface area (Å²) in [7, 11) is 0. The van der Waals surface area contributed by atoms with Crippen LogP contribution in [0.3, 0.4) is 0 Å². The predicted molar refractivity (Wildman–Crippen MR) is 75.1 cm³/mol. The van der Waals surface area contributed by atoms with Gasteiger partial charge in [-0.3, -0.25) is 0 Å². The summed E-state index contributed by atoms with van der Waals surface area (Å²) in [6, 6.07) is 8.92. The first-order valence-electron chi connectivity index (χ1n) is 6.47. The van der Waals surface area contributed by atoms with Crippen LogP contribution in [0.15, 0.2) is 24.3 Å². The summed E-state index contributed by atoms with van der Waals surface area (Å²) in [5.74, 6) is 0.456. The minimum absolute atomic E-state index is 0.232. The topological polar surface area (TPSA) is 52.0 Å². The smallest absolute Gasteiger partial charge is 0.00367 e. The molecule has 0 saturated heterocycles. The van der Waals surface area contributed by atoms with Crippen LogP contribution in [-0.4, -0.2) is 13.1 Å². The summed E-state index contributed by atoms with van der Waals surface area (Å²) in [4.78, 5) is 0. The van der Waals surface area contributed by atoms with Crippen LogP contribution in [0.4, 0.5) is 0 Å². The van der Waals surface area contributed by atoms with Crippen molar-refractivity contribution in [1.82, 2.24) is 0 Å². The van der Waals surface area contributed by atoms with E-state index in [0.717, 1.165) is 12.8 Å². The molecule has 0 heterocycles. The maximum Gasteiger partial charge on any atom is -0.00367 e. The SMILES string of the molecule is CC(C)(C)c1ccc(CCC(CN)CN)cc1. The standard InChI is InChI=1S/C15H26N2/c1-15(2,3)14-8-6-12(7-9-14)4-5-13(10-16)11-17/h6-9,13H,4-5,10-11,16-17H2,1-3H3. The number of benzene rings is 1. The van der Waals surface area contributed by atoms with Crippen LogP contribution in [-0.2, 0) is 11.8 Å². The van der Waals surface area contributed by atoms with Crippen molar-refractivity contribution in [1.29, 1.82) is 0 Å². The summed E-state index contributed by atoms with van der Waals surface area (Å²) in [6.45, 7) is 8.09. The fraction of sp³-hybridized carbons (Fsp3) is 0.600. The minimum Gasteiger partial charge on any atom is -0.330 e. The van der Waals surface area contributed by atoms with Gasteiger partial charge < -0.3 is 11.5 Å². The monoisotopic (exact) mass is 234 g/mol. The maximum atomic E-state index is 5.65. The lowest BCUT2D eigenvalue weighted by molar-refractivity contribution is 0.507. The lowest BCUT2D eigenvalue weighted by Gasteiger charge is -2.19. The molecule has 0 amide bonds. The van der Waals surface area contributed by atoms with Gasteiger partial charge in [-0.25, -0.2) is 0 Å². The molecular weight excluding hydrogens is 208 g/mol. The first-order chi connectivity index (χ1) is 7.97. The second kappa shape index (κ2) is 6.18. The van der Waals surface area contributed by atoms with Crippen LogP contribution in [0.2, 0.25) is 0 Å². The normalized spacial score (nSPS) is 12.1. The zero-order valence-electron chi connectivity index (χ0n) is 11.4. The number of hydrogen-bond donors (Lipinski definition) is 2. The van der Waals surface area contributed by atoms with Gasteiger partial charge in [0.2, 0.25) is 0 Å². The minimum atomic E-state index is 0.232. The lowest BCUT2D eigenvalue weighted by atomic mass is 9.86. The van der Waals surface area contributed by atoms with E-state index in [-0.39, 0.29) is 5.41 Å². The molecule has 1 aromatic rings. The van der Waals surface area contributed by atoms with Crippen molar-refractivity contribution in [3.63, 3.8) is 0 Å². The van der Waals surface area contributed by atoms with Crippen molar-refractivity contribution in [3.8, 4) is 0 Å². The molecule has 0 unspecified atom stereocenters. The van der Waals surface area contributed by atoms with Crippen molar-refractivity contribution in [2.75, 3.05) is 13.1 Å². The first-order valence-corrected chi connectivity index (χ1v) is 6.47. The third kappa shape index (κ3) is 4.49. The van der Waals surface area contributed by atoms with E-state index in [1.807, 2.05) is 0 Å². The van der Waals surface area contributed by atoms with Gasteiger partial charge in [-0.05, 0) is 48.4 Å². The average molecular weight is 234 g/mol. The molecule has 0 radical (unpaired) electrons. The van der Waals surface area contributed by atoms with Gasteiger partial charge >= 0.3 is 0 Å². The van der Waals surface area contributed by atoms with Crippen molar-refractivity contribution in [2.45, 2.75) is 39.0 Å². The molecule has 0 atom stereocenters. The fourth-order valence-electron chi connectivity index (χ4n) is 1.87. The van der Waals surface area contributed by atoms with Crippen LogP contribution >= 0.6 is 0 Å². The van der Waals surface area contributed by atoms with E-state index in [4.69, 9.17) is 11.5 Å². The molecule has 17 heavy (non-hydrogen) atoms. The molecule has 1 aromatic carbocycles. The average Bonchev–Trinajstić information content (AvgIpc) is 2.30. The molecule has 4 N–H and O–H groups in total. The third-order valence-corrected chi connectivity index (χ3v) is 3.33. The van der Waals surface area contributed by atoms with E-state index in [1.165, 1.54) is 11.1 Å². The Hall–Kier alpha value is -0.860. The van der Waals surface area contributed by atoms with Crippen LogP contribution in [0.25, 0.3) is 0 Å². The van der Waals surface area contributed by atoms with Gasteiger partial charge in [0.25, 0.3) is 0 Å². The largest absolute Gasteiger partial charge is 0.330 e. The van der Waals surface area contributed by atoms with Gasteiger partial charge in [0.1, 0.15) is 0 Å². The van der Waals surface area contributed by atoms with E-state index < -0.39 is 0 Å². The van der Waals surface area contributed by atoms with E-state index in [2.05, 4.69) is 45.0 Å². The number of hydrogen-bond acceptors (Lipinski definition) is 2. The third-order valence-electron chi connectivity index (χ3n) is 3.33. The van der Waals surface area contributed by atoms with E-state index in [9.17, 15) is 0 Å². The van der Waals surface area contributed by atoms with Crippen molar-refractivity contribution >= 4 is 0 Å². The number of rotatable bonds is 5. The molecule has 0 spiro atoms. The van der Waals surface area contributed by atoms with Gasteiger partial charge in [-0.15, -0.1) is 0 Å². The zero-order valence-corrected chi connectivity index (χ0v) is 11.4. The highest BCUT2D eigenvalue weighted by Crippen LogP contribution is 2.22. The van der Waals surface area contributed by atoms with Crippen LogP contribution in [0.5, 0.6) is 0 Å². The van der Waals surface area contributed by atoms with E-state index in [0.29, 0.717) is 19.0 Å². The molecule has 0 aliphatic carbocycles. The summed E-state index contributed by atoms with van der Waals surface area (Å²) in [5.41, 5.74) is 14.3. The zero-order chi connectivity index (χ0) is 12.9. The van der Waals surface area contributed by atoms with Gasteiger partial charge in [-0.1, -0.05) is 45.0 Å². The van der Waals surface area contributed by atoms with E-state index >= 15 is 0 Å². The van der Waals surface area contributed by atoms with E-state index in [1.54, 1.807) is 0 Å². The molecular formula is C15H26N2. The summed E-state index contributed by atoms with van der Waals surface area (Å²) in [6.07, 6.45) is 2.16. The Kier molecular flexibility index (Phi) is 5.16. The van der Waals surface area contributed by atoms with Gasteiger partial charge in [0.05, 0.1) is 0 Å². The van der Waals surface area contributed by atoms with Gasteiger partial charge in [0.15, 0.2) is 0 Å². The predicted octanol–water partition coefficient (Wildman–Crippen LogP) is 2.45. The van der Waals surface area contributed by atoms with Crippen molar-refractivity contribution in [2.24, 2.45) is 17.4 Å². The Morgan fingerprint density at radius 3 is 1.94 bits per heavy atom. The molecule has 0 aliphatic rings. The van der Waals surface area contributed by atoms with Gasteiger partial charge in [-0.2, -0.15) is 0 Å². The van der Waals surface area contributed by atoms with Crippen molar-refractivity contribution in [3.05, 3.63) is 35.4 Å². The van der Waals surface area contributed by atoms with Crippen LogP contribution in [0.1, 0.15) is 38.3 Å². The second-order valence-corrected chi connectivity index (χ2v) is 5.82.